The number of nitrogens with zero attached hydrogens (tertiary/aromatic N) is 1. The standard InChI is InChI=1S/C16H18N2O2/c17-11-12-2-1-3-13(10-12)16(7-8-16)18-15(19)5-4-14-6-9-20-14/h1-3,10,14H,4-9H2,(H,18,19). The van der Waals surface area contributed by atoms with Gasteiger partial charge in [0, 0.05) is 13.0 Å². The maximum Gasteiger partial charge on any atom is 0.220 e. The largest absolute Gasteiger partial charge is 0.378 e. The third-order valence-electron chi connectivity index (χ3n) is 4.16. The highest BCUT2D eigenvalue weighted by atomic mass is 16.5. The van der Waals surface area contributed by atoms with Gasteiger partial charge in [0.25, 0.3) is 0 Å². The third kappa shape index (κ3) is 2.68. The lowest BCUT2D eigenvalue weighted by molar-refractivity contribution is -0.124. The van der Waals surface area contributed by atoms with Gasteiger partial charge in [-0.15, -0.1) is 0 Å². The summed E-state index contributed by atoms with van der Waals surface area (Å²) in [5.41, 5.74) is 1.46. The molecule has 0 spiro atoms. The van der Waals surface area contributed by atoms with Crippen LogP contribution in [0.1, 0.15) is 43.2 Å². The van der Waals surface area contributed by atoms with Crippen molar-refractivity contribution in [1.82, 2.24) is 5.32 Å². The van der Waals surface area contributed by atoms with Gasteiger partial charge in [0.2, 0.25) is 5.91 Å². The van der Waals surface area contributed by atoms with E-state index in [2.05, 4.69) is 11.4 Å². The van der Waals surface area contributed by atoms with Crippen LogP contribution < -0.4 is 5.32 Å². The van der Waals surface area contributed by atoms with E-state index in [1.807, 2.05) is 18.2 Å². The van der Waals surface area contributed by atoms with Crippen molar-refractivity contribution in [3.05, 3.63) is 35.4 Å². The molecule has 1 atom stereocenters. The van der Waals surface area contributed by atoms with E-state index in [1.165, 1.54) is 0 Å². The first-order valence-corrected chi connectivity index (χ1v) is 7.15. The van der Waals surface area contributed by atoms with Gasteiger partial charge >= 0.3 is 0 Å². The molecule has 1 aliphatic carbocycles. The lowest BCUT2D eigenvalue weighted by atomic mass is 10.0. The van der Waals surface area contributed by atoms with Crippen LogP contribution in [0.15, 0.2) is 24.3 Å². The maximum atomic E-state index is 12.0. The van der Waals surface area contributed by atoms with Gasteiger partial charge in [0.05, 0.1) is 23.3 Å². The van der Waals surface area contributed by atoms with Crippen LogP contribution in [0.5, 0.6) is 0 Å². The van der Waals surface area contributed by atoms with Crippen molar-refractivity contribution in [2.45, 2.75) is 43.7 Å². The molecule has 1 heterocycles. The topological polar surface area (TPSA) is 62.1 Å². The number of hydrogen-bond donors (Lipinski definition) is 1. The van der Waals surface area contributed by atoms with E-state index in [1.54, 1.807) is 6.07 Å². The van der Waals surface area contributed by atoms with Crippen molar-refractivity contribution >= 4 is 5.91 Å². The van der Waals surface area contributed by atoms with Gasteiger partial charge in [-0.1, -0.05) is 12.1 Å². The molecule has 4 nitrogen and oxygen atoms in total. The zero-order chi connectivity index (χ0) is 14.0. The third-order valence-corrected chi connectivity index (χ3v) is 4.16. The summed E-state index contributed by atoms with van der Waals surface area (Å²) in [6.07, 6.45) is 4.58. The minimum absolute atomic E-state index is 0.0837. The SMILES string of the molecule is N#Cc1cccc(C2(NC(=O)CCC3CCO3)CC2)c1. The molecule has 4 heteroatoms. The van der Waals surface area contributed by atoms with Crippen LogP contribution in [0.2, 0.25) is 0 Å². The van der Waals surface area contributed by atoms with Gasteiger partial charge < -0.3 is 10.1 Å². The minimum Gasteiger partial charge on any atom is -0.378 e. The molecular formula is C16H18N2O2. The van der Waals surface area contributed by atoms with Crippen molar-refractivity contribution in [2.24, 2.45) is 0 Å². The zero-order valence-corrected chi connectivity index (χ0v) is 11.4. The second-order valence-electron chi connectivity index (χ2n) is 5.64. The Hall–Kier alpha value is -1.86. The fourth-order valence-corrected chi connectivity index (χ4v) is 2.63. The number of carbonyl (C=O) groups is 1. The molecule has 0 aromatic heterocycles. The Morgan fingerprint density at radius 2 is 2.30 bits per heavy atom. The summed E-state index contributed by atoms with van der Waals surface area (Å²) < 4.78 is 5.33. The fourth-order valence-electron chi connectivity index (χ4n) is 2.63. The van der Waals surface area contributed by atoms with Crippen LogP contribution in [0.3, 0.4) is 0 Å². The number of carbonyl (C=O) groups excluding carboxylic acids is 1. The number of ether oxygens (including phenoxy) is 1. The van der Waals surface area contributed by atoms with Gasteiger partial charge in [0.1, 0.15) is 0 Å². The second-order valence-corrected chi connectivity index (χ2v) is 5.64. The van der Waals surface area contributed by atoms with E-state index < -0.39 is 0 Å². The molecule has 1 saturated carbocycles. The smallest absolute Gasteiger partial charge is 0.220 e. The molecule has 3 rings (SSSR count). The first-order valence-electron chi connectivity index (χ1n) is 7.15. The molecule has 0 radical (unpaired) electrons. The first kappa shape index (κ1) is 13.1. The maximum absolute atomic E-state index is 12.0. The van der Waals surface area contributed by atoms with E-state index in [0.717, 1.165) is 37.9 Å². The first-order chi connectivity index (χ1) is 9.72. The van der Waals surface area contributed by atoms with E-state index >= 15 is 0 Å². The summed E-state index contributed by atoms with van der Waals surface area (Å²) >= 11 is 0. The molecule has 1 aliphatic heterocycles. The van der Waals surface area contributed by atoms with Gasteiger partial charge in [-0.05, 0) is 43.4 Å². The summed E-state index contributed by atoms with van der Waals surface area (Å²) in [7, 11) is 0. The van der Waals surface area contributed by atoms with Crippen LogP contribution in [-0.2, 0) is 15.1 Å². The Morgan fingerprint density at radius 3 is 2.90 bits per heavy atom. The summed E-state index contributed by atoms with van der Waals surface area (Å²) in [6, 6.07) is 9.68. The molecule has 2 aliphatic rings. The Morgan fingerprint density at radius 1 is 1.50 bits per heavy atom. The van der Waals surface area contributed by atoms with Crippen molar-refractivity contribution < 1.29 is 9.53 Å². The van der Waals surface area contributed by atoms with Crippen LogP contribution in [0.25, 0.3) is 0 Å². The lowest BCUT2D eigenvalue weighted by Crippen LogP contribution is -2.36. The highest BCUT2D eigenvalue weighted by Crippen LogP contribution is 2.45. The summed E-state index contributed by atoms with van der Waals surface area (Å²) in [5.74, 6) is 0.0837. The van der Waals surface area contributed by atoms with E-state index in [0.29, 0.717) is 12.0 Å². The predicted octanol–water partition coefficient (Wildman–Crippen LogP) is 2.23. The van der Waals surface area contributed by atoms with Crippen LogP contribution in [-0.4, -0.2) is 18.6 Å². The molecule has 1 unspecified atom stereocenters. The van der Waals surface area contributed by atoms with Crippen LogP contribution in [0, 0.1) is 11.3 Å². The summed E-state index contributed by atoms with van der Waals surface area (Å²) in [4.78, 5) is 12.0. The van der Waals surface area contributed by atoms with Crippen molar-refractivity contribution in [3.63, 3.8) is 0 Å². The quantitative estimate of drug-likeness (QED) is 0.892. The number of nitriles is 1. The van der Waals surface area contributed by atoms with E-state index in [9.17, 15) is 4.79 Å². The van der Waals surface area contributed by atoms with Crippen LogP contribution in [0.4, 0.5) is 0 Å². The molecule has 1 aromatic rings. The minimum atomic E-state index is -0.232. The molecular weight excluding hydrogens is 252 g/mol. The molecule has 1 amide bonds. The molecule has 2 fully saturated rings. The highest BCUT2D eigenvalue weighted by molar-refractivity contribution is 5.77. The van der Waals surface area contributed by atoms with Gasteiger partial charge in [-0.2, -0.15) is 5.26 Å². The molecule has 1 saturated heterocycles. The number of rotatable bonds is 5. The molecule has 1 N–H and O–H groups in total. The predicted molar refractivity (Wildman–Crippen MR) is 73.8 cm³/mol. The normalized spacial score (nSPS) is 22.4. The van der Waals surface area contributed by atoms with E-state index in [4.69, 9.17) is 10.00 Å². The van der Waals surface area contributed by atoms with E-state index in [-0.39, 0.29) is 17.6 Å². The lowest BCUT2D eigenvalue weighted by Gasteiger charge is -2.26. The second kappa shape index (κ2) is 5.26. The fraction of sp³-hybridized carbons (Fsp3) is 0.500. The average molecular weight is 270 g/mol. The number of hydrogen-bond acceptors (Lipinski definition) is 3. The summed E-state index contributed by atoms with van der Waals surface area (Å²) in [5, 5.41) is 12.1. The average Bonchev–Trinajstić information content (AvgIpc) is 3.18. The zero-order valence-electron chi connectivity index (χ0n) is 11.4. The van der Waals surface area contributed by atoms with Crippen molar-refractivity contribution in [2.75, 3.05) is 6.61 Å². The molecule has 20 heavy (non-hydrogen) atoms. The summed E-state index contributed by atoms with van der Waals surface area (Å²) in [6.45, 7) is 0.831. The molecule has 1 aromatic carbocycles. The number of amides is 1. The molecule has 104 valence electrons. The highest BCUT2D eigenvalue weighted by Gasteiger charge is 2.45. The Bertz CT molecular complexity index is 554. The van der Waals surface area contributed by atoms with Gasteiger partial charge in [0.15, 0.2) is 0 Å². The number of benzene rings is 1. The monoisotopic (exact) mass is 270 g/mol. The number of nitrogens with one attached hydrogen (secondary N) is 1. The Labute approximate surface area is 118 Å². The van der Waals surface area contributed by atoms with Crippen molar-refractivity contribution in [3.8, 4) is 6.07 Å². The van der Waals surface area contributed by atoms with Crippen molar-refractivity contribution in [1.29, 1.82) is 5.26 Å². The van der Waals surface area contributed by atoms with Gasteiger partial charge in [-0.3, -0.25) is 4.79 Å². The van der Waals surface area contributed by atoms with Gasteiger partial charge in [-0.25, -0.2) is 0 Å². The van der Waals surface area contributed by atoms with Crippen LogP contribution >= 0.6 is 0 Å². The Balaban J connectivity index is 1.60. The Kier molecular flexibility index (Phi) is 3.45. The molecule has 0 bridgehead atoms.